The number of rotatable bonds is 7. The minimum atomic E-state index is -3.12. The summed E-state index contributed by atoms with van der Waals surface area (Å²) in [7, 11) is -3.12. The molecule has 1 saturated heterocycles. The number of carbonyl (C=O) groups excluding carboxylic acids is 1. The Labute approximate surface area is 126 Å². The van der Waals surface area contributed by atoms with Gasteiger partial charge in [0.25, 0.3) is 0 Å². The number of hydrogen-bond acceptors (Lipinski definition) is 4. The van der Waals surface area contributed by atoms with Crippen LogP contribution < -0.4 is 10.6 Å². The zero-order chi connectivity index (χ0) is 15.1. The Balaban J connectivity index is 1.68. The molecule has 0 aromatic heterocycles. The van der Waals surface area contributed by atoms with Crippen molar-refractivity contribution in [1.82, 2.24) is 10.6 Å². The van der Waals surface area contributed by atoms with Crippen LogP contribution in [-0.4, -0.2) is 39.2 Å². The van der Waals surface area contributed by atoms with E-state index in [9.17, 15) is 13.2 Å². The molecule has 1 aliphatic rings. The van der Waals surface area contributed by atoms with Crippen molar-refractivity contribution in [3.05, 3.63) is 35.9 Å². The highest BCUT2D eigenvalue weighted by atomic mass is 32.2. The lowest BCUT2D eigenvalue weighted by Crippen LogP contribution is -2.41. The Morgan fingerprint density at radius 3 is 2.71 bits per heavy atom. The van der Waals surface area contributed by atoms with Gasteiger partial charge < -0.3 is 10.6 Å². The predicted molar refractivity (Wildman–Crippen MR) is 82.6 cm³/mol. The summed E-state index contributed by atoms with van der Waals surface area (Å²) in [4.78, 5) is 11.7. The van der Waals surface area contributed by atoms with E-state index in [0.717, 1.165) is 24.9 Å². The predicted octanol–water partition coefficient (Wildman–Crippen LogP) is 0.860. The summed E-state index contributed by atoms with van der Waals surface area (Å²) in [6.07, 6.45) is 2.33. The molecule has 0 spiro atoms. The molecular formula is C15H22N2O3S. The molecule has 0 radical (unpaired) electrons. The van der Waals surface area contributed by atoms with E-state index in [1.54, 1.807) is 0 Å². The molecule has 21 heavy (non-hydrogen) atoms. The number of benzene rings is 1. The summed E-state index contributed by atoms with van der Waals surface area (Å²) in [5.74, 6) is 0.139. The van der Waals surface area contributed by atoms with Crippen molar-refractivity contribution < 1.29 is 13.2 Å². The van der Waals surface area contributed by atoms with E-state index in [1.807, 2.05) is 30.3 Å². The molecule has 0 bridgehead atoms. The Morgan fingerprint density at radius 2 is 2.05 bits per heavy atom. The van der Waals surface area contributed by atoms with E-state index < -0.39 is 9.84 Å². The number of amides is 1. The number of carbonyl (C=O) groups is 1. The maximum absolute atomic E-state index is 12.0. The van der Waals surface area contributed by atoms with Crippen molar-refractivity contribution in [2.75, 3.05) is 18.8 Å². The minimum Gasteiger partial charge on any atom is -0.355 e. The monoisotopic (exact) mass is 310 g/mol. The van der Waals surface area contributed by atoms with Gasteiger partial charge in [-0.1, -0.05) is 30.3 Å². The van der Waals surface area contributed by atoms with Crippen LogP contribution in [0.15, 0.2) is 30.3 Å². The van der Waals surface area contributed by atoms with Crippen molar-refractivity contribution >= 4 is 15.7 Å². The van der Waals surface area contributed by atoms with E-state index in [0.29, 0.717) is 13.0 Å². The number of nitrogens with one attached hydrogen (secondary N) is 2. The van der Waals surface area contributed by atoms with Gasteiger partial charge >= 0.3 is 0 Å². The summed E-state index contributed by atoms with van der Waals surface area (Å²) in [5.41, 5.74) is 0.802. The Hall–Kier alpha value is -1.40. The smallest absolute Gasteiger partial charge is 0.237 e. The van der Waals surface area contributed by atoms with Crippen molar-refractivity contribution in [3.63, 3.8) is 0 Å². The van der Waals surface area contributed by atoms with E-state index >= 15 is 0 Å². The molecule has 2 rings (SSSR count). The third-order valence-corrected chi connectivity index (χ3v) is 5.22. The molecule has 5 nitrogen and oxygen atoms in total. The number of sulfone groups is 1. The van der Waals surface area contributed by atoms with Crippen LogP contribution in [-0.2, 0) is 20.4 Å². The van der Waals surface area contributed by atoms with Gasteiger partial charge in [-0.05, 0) is 31.4 Å². The Bertz CT molecular complexity index is 552. The van der Waals surface area contributed by atoms with E-state index in [-0.39, 0.29) is 23.5 Å². The zero-order valence-electron chi connectivity index (χ0n) is 12.0. The van der Waals surface area contributed by atoms with Crippen LogP contribution in [0.3, 0.4) is 0 Å². The van der Waals surface area contributed by atoms with E-state index in [2.05, 4.69) is 10.6 Å². The second kappa shape index (κ2) is 7.56. The highest BCUT2D eigenvalue weighted by Gasteiger charge is 2.21. The fourth-order valence-corrected chi connectivity index (χ4v) is 3.86. The summed E-state index contributed by atoms with van der Waals surface area (Å²) in [6, 6.07) is 9.05. The first kappa shape index (κ1) is 16.0. The Kier molecular flexibility index (Phi) is 5.76. The second-order valence-electron chi connectivity index (χ2n) is 5.37. The molecule has 1 amide bonds. The normalized spacial score (nSPS) is 18.6. The fourth-order valence-electron chi connectivity index (χ4n) is 2.44. The highest BCUT2D eigenvalue weighted by molar-refractivity contribution is 7.90. The second-order valence-corrected chi connectivity index (χ2v) is 7.56. The molecule has 1 aromatic carbocycles. The third kappa shape index (κ3) is 5.47. The summed E-state index contributed by atoms with van der Waals surface area (Å²) < 4.78 is 24.0. The molecule has 0 saturated carbocycles. The van der Waals surface area contributed by atoms with Crippen LogP contribution in [0.5, 0.6) is 0 Å². The van der Waals surface area contributed by atoms with Gasteiger partial charge in [-0.15, -0.1) is 0 Å². The molecule has 1 heterocycles. The minimum absolute atomic E-state index is 0.0204. The van der Waals surface area contributed by atoms with Crippen molar-refractivity contribution in [3.8, 4) is 0 Å². The molecule has 116 valence electrons. The summed E-state index contributed by atoms with van der Waals surface area (Å²) in [6.45, 7) is 1.29. The first-order valence-electron chi connectivity index (χ1n) is 7.32. The molecule has 6 heteroatoms. The van der Waals surface area contributed by atoms with Crippen LogP contribution in [0.25, 0.3) is 0 Å². The summed E-state index contributed by atoms with van der Waals surface area (Å²) >= 11 is 0. The molecule has 1 atom stereocenters. The fraction of sp³-hybridized carbons (Fsp3) is 0.533. The Morgan fingerprint density at radius 1 is 1.29 bits per heavy atom. The van der Waals surface area contributed by atoms with Crippen LogP contribution >= 0.6 is 0 Å². The number of hydrogen-bond donors (Lipinski definition) is 2. The average molecular weight is 310 g/mol. The van der Waals surface area contributed by atoms with Crippen LogP contribution in [0, 0.1) is 0 Å². The van der Waals surface area contributed by atoms with E-state index in [1.165, 1.54) is 0 Å². The first-order chi connectivity index (χ1) is 10.1. The zero-order valence-corrected chi connectivity index (χ0v) is 12.9. The van der Waals surface area contributed by atoms with Crippen molar-refractivity contribution in [1.29, 1.82) is 0 Å². The lowest BCUT2D eigenvalue weighted by Gasteiger charge is -2.11. The first-order valence-corrected chi connectivity index (χ1v) is 9.14. The average Bonchev–Trinajstić information content (AvgIpc) is 2.98. The summed E-state index contributed by atoms with van der Waals surface area (Å²) in [5, 5.41) is 5.91. The maximum atomic E-state index is 12.0. The highest BCUT2D eigenvalue weighted by Crippen LogP contribution is 2.07. The topological polar surface area (TPSA) is 75.3 Å². The van der Waals surface area contributed by atoms with Crippen LogP contribution in [0.2, 0.25) is 0 Å². The van der Waals surface area contributed by atoms with Crippen LogP contribution in [0.4, 0.5) is 0 Å². The lowest BCUT2D eigenvalue weighted by molar-refractivity contribution is -0.122. The van der Waals surface area contributed by atoms with Gasteiger partial charge in [0.05, 0.1) is 17.5 Å². The molecule has 1 unspecified atom stereocenters. The molecule has 0 aliphatic carbocycles. The van der Waals surface area contributed by atoms with Crippen molar-refractivity contribution in [2.45, 2.75) is 31.1 Å². The largest absolute Gasteiger partial charge is 0.355 e. The van der Waals surface area contributed by atoms with Gasteiger partial charge in [0, 0.05) is 6.54 Å². The van der Waals surface area contributed by atoms with E-state index in [4.69, 9.17) is 0 Å². The third-order valence-electron chi connectivity index (χ3n) is 3.54. The van der Waals surface area contributed by atoms with Gasteiger partial charge in [0.2, 0.25) is 5.91 Å². The molecule has 1 fully saturated rings. The lowest BCUT2D eigenvalue weighted by atomic mass is 10.2. The molecular weight excluding hydrogens is 288 g/mol. The SMILES string of the molecule is O=C(NCCCS(=O)(=O)Cc1ccccc1)C1CCCN1. The van der Waals surface area contributed by atoms with Gasteiger partial charge in [-0.25, -0.2) is 8.42 Å². The van der Waals surface area contributed by atoms with Gasteiger partial charge in [-0.3, -0.25) is 4.79 Å². The van der Waals surface area contributed by atoms with Gasteiger partial charge in [0.15, 0.2) is 9.84 Å². The molecule has 1 aliphatic heterocycles. The quantitative estimate of drug-likeness (QED) is 0.733. The molecule has 2 N–H and O–H groups in total. The standard InChI is InChI=1S/C15H22N2O3S/c18-15(14-8-4-9-16-14)17-10-5-11-21(19,20)12-13-6-2-1-3-7-13/h1-3,6-7,14,16H,4-5,8-12H2,(H,17,18). The van der Waals surface area contributed by atoms with Gasteiger partial charge in [-0.2, -0.15) is 0 Å². The maximum Gasteiger partial charge on any atom is 0.237 e. The van der Waals surface area contributed by atoms with Crippen LogP contribution in [0.1, 0.15) is 24.8 Å². The van der Waals surface area contributed by atoms with Crippen molar-refractivity contribution in [2.24, 2.45) is 0 Å². The van der Waals surface area contributed by atoms with Gasteiger partial charge in [0.1, 0.15) is 0 Å². The molecule has 1 aromatic rings.